The van der Waals surface area contributed by atoms with Gasteiger partial charge in [-0.2, -0.15) is 5.10 Å². The Morgan fingerprint density at radius 1 is 1.09 bits per heavy atom. The number of likely N-dealkylation sites (tertiary alicyclic amines) is 1. The molecule has 3 rings (SSSR count). The van der Waals surface area contributed by atoms with E-state index in [0.29, 0.717) is 5.39 Å². The van der Waals surface area contributed by atoms with E-state index in [1.807, 2.05) is 30.0 Å². The number of aromatic nitrogens is 2. The number of carbonyl (C=O) groups is 1. The third-order valence-corrected chi connectivity index (χ3v) is 4.30. The molecule has 1 aromatic carbocycles. The molecule has 5 heteroatoms. The summed E-state index contributed by atoms with van der Waals surface area (Å²) < 4.78 is 1.31. The maximum Gasteiger partial charge on any atom is 0.275 e. The first-order valence-corrected chi connectivity index (χ1v) is 7.91. The molecule has 1 aliphatic rings. The lowest BCUT2D eigenvalue weighted by molar-refractivity contribution is -0.132. The molecule has 2 aromatic rings. The van der Waals surface area contributed by atoms with Crippen molar-refractivity contribution in [2.45, 2.75) is 39.2 Å². The molecule has 2 heterocycles. The Kier molecular flexibility index (Phi) is 4.22. The molecule has 5 nitrogen and oxygen atoms in total. The highest BCUT2D eigenvalue weighted by molar-refractivity contribution is 5.83. The van der Waals surface area contributed by atoms with Crippen LogP contribution in [0.2, 0.25) is 0 Å². The topological polar surface area (TPSA) is 55.2 Å². The van der Waals surface area contributed by atoms with Crippen LogP contribution in [0.3, 0.4) is 0 Å². The monoisotopic (exact) mass is 299 g/mol. The van der Waals surface area contributed by atoms with Crippen LogP contribution in [0.1, 0.15) is 31.4 Å². The van der Waals surface area contributed by atoms with Gasteiger partial charge in [-0.15, -0.1) is 0 Å². The first-order valence-electron chi connectivity index (χ1n) is 7.91. The van der Waals surface area contributed by atoms with Crippen LogP contribution in [-0.4, -0.2) is 33.7 Å². The standard InChI is InChI=1S/C17H21N3O2/c1-13-14-8-4-5-9-15(14)17(22)20(18-13)12-16(21)19-10-6-2-3-7-11-19/h4-5,8-9H,2-3,6-7,10-12H2,1H3. The Morgan fingerprint density at radius 2 is 1.73 bits per heavy atom. The molecule has 0 saturated carbocycles. The van der Waals surface area contributed by atoms with Crippen molar-refractivity contribution >= 4 is 16.7 Å². The van der Waals surface area contributed by atoms with Crippen molar-refractivity contribution in [2.24, 2.45) is 0 Å². The summed E-state index contributed by atoms with van der Waals surface area (Å²) >= 11 is 0. The largest absolute Gasteiger partial charge is 0.341 e. The molecule has 0 bridgehead atoms. The van der Waals surface area contributed by atoms with Crippen LogP contribution in [0.4, 0.5) is 0 Å². The molecule has 1 aromatic heterocycles. The highest BCUT2D eigenvalue weighted by atomic mass is 16.2. The van der Waals surface area contributed by atoms with Crippen LogP contribution in [0.25, 0.3) is 10.8 Å². The second-order valence-electron chi connectivity index (χ2n) is 5.89. The zero-order valence-corrected chi connectivity index (χ0v) is 12.9. The van der Waals surface area contributed by atoms with Gasteiger partial charge in [0.25, 0.3) is 5.56 Å². The van der Waals surface area contributed by atoms with Crippen LogP contribution in [0.15, 0.2) is 29.1 Å². The van der Waals surface area contributed by atoms with Crippen LogP contribution in [0, 0.1) is 6.92 Å². The molecular weight excluding hydrogens is 278 g/mol. The van der Waals surface area contributed by atoms with E-state index in [2.05, 4.69) is 5.10 Å². The van der Waals surface area contributed by atoms with Gasteiger partial charge in [0.2, 0.25) is 5.91 Å². The van der Waals surface area contributed by atoms with Gasteiger partial charge in [-0.1, -0.05) is 31.0 Å². The number of carbonyl (C=O) groups excluding carboxylic acids is 1. The average molecular weight is 299 g/mol. The van der Waals surface area contributed by atoms with Crippen molar-refractivity contribution in [1.82, 2.24) is 14.7 Å². The molecule has 0 unspecified atom stereocenters. The number of fused-ring (bicyclic) bond motifs is 1. The number of hydrogen-bond donors (Lipinski definition) is 0. The van der Waals surface area contributed by atoms with E-state index in [9.17, 15) is 9.59 Å². The van der Waals surface area contributed by atoms with Crippen molar-refractivity contribution in [3.63, 3.8) is 0 Å². The lowest BCUT2D eigenvalue weighted by Gasteiger charge is -2.20. The Bertz CT molecular complexity index is 743. The number of aryl methyl sites for hydroxylation is 1. The molecule has 116 valence electrons. The van der Waals surface area contributed by atoms with Crippen LogP contribution < -0.4 is 5.56 Å². The van der Waals surface area contributed by atoms with Crippen molar-refractivity contribution in [3.05, 3.63) is 40.3 Å². The average Bonchev–Trinajstić information content (AvgIpc) is 2.81. The van der Waals surface area contributed by atoms with E-state index >= 15 is 0 Å². The highest BCUT2D eigenvalue weighted by Gasteiger charge is 2.17. The Hall–Kier alpha value is -2.17. The van der Waals surface area contributed by atoms with Gasteiger partial charge in [-0.3, -0.25) is 9.59 Å². The van der Waals surface area contributed by atoms with Gasteiger partial charge in [0.15, 0.2) is 0 Å². The van der Waals surface area contributed by atoms with Crippen molar-refractivity contribution in [2.75, 3.05) is 13.1 Å². The molecule has 1 saturated heterocycles. The molecule has 0 aliphatic carbocycles. The molecule has 0 N–H and O–H groups in total. The number of hydrogen-bond acceptors (Lipinski definition) is 3. The van der Waals surface area contributed by atoms with Gasteiger partial charge in [0.05, 0.1) is 11.1 Å². The summed E-state index contributed by atoms with van der Waals surface area (Å²) in [4.78, 5) is 26.8. The summed E-state index contributed by atoms with van der Waals surface area (Å²) in [5, 5.41) is 5.79. The van der Waals surface area contributed by atoms with Crippen molar-refractivity contribution in [1.29, 1.82) is 0 Å². The number of rotatable bonds is 2. The Labute approximate surface area is 129 Å². The quantitative estimate of drug-likeness (QED) is 0.853. The highest BCUT2D eigenvalue weighted by Crippen LogP contribution is 2.13. The summed E-state index contributed by atoms with van der Waals surface area (Å²) in [6.07, 6.45) is 4.45. The van der Waals surface area contributed by atoms with Gasteiger partial charge in [0.1, 0.15) is 6.54 Å². The van der Waals surface area contributed by atoms with Gasteiger partial charge < -0.3 is 4.90 Å². The molecular formula is C17H21N3O2. The second-order valence-corrected chi connectivity index (χ2v) is 5.89. The van der Waals surface area contributed by atoms with Crippen molar-refractivity contribution in [3.8, 4) is 0 Å². The summed E-state index contributed by atoms with van der Waals surface area (Å²) in [6, 6.07) is 7.41. The Morgan fingerprint density at radius 3 is 2.41 bits per heavy atom. The molecule has 1 aliphatic heterocycles. The fraction of sp³-hybridized carbons (Fsp3) is 0.471. The summed E-state index contributed by atoms with van der Waals surface area (Å²) in [5.74, 6) is -0.00817. The minimum Gasteiger partial charge on any atom is -0.341 e. The predicted octanol–water partition coefficient (Wildman–Crippen LogP) is 2.11. The maximum atomic E-state index is 12.5. The van der Waals surface area contributed by atoms with Crippen LogP contribution in [-0.2, 0) is 11.3 Å². The third-order valence-electron chi connectivity index (χ3n) is 4.30. The smallest absolute Gasteiger partial charge is 0.275 e. The second kappa shape index (κ2) is 6.30. The molecule has 0 spiro atoms. The fourth-order valence-corrected chi connectivity index (χ4v) is 3.06. The molecule has 1 fully saturated rings. The van der Waals surface area contributed by atoms with Crippen LogP contribution >= 0.6 is 0 Å². The first kappa shape index (κ1) is 14.8. The normalized spacial score (nSPS) is 15.8. The molecule has 1 amide bonds. The van der Waals surface area contributed by atoms with Crippen molar-refractivity contribution < 1.29 is 4.79 Å². The van der Waals surface area contributed by atoms with Gasteiger partial charge in [0, 0.05) is 18.5 Å². The van der Waals surface area contributed by atoms with E-state index in [-0.39, 0.29) is 18.0 Å². The minimum atomic E-state index is -0.190. The van der Waals surface area contributed by atoms with E-state index in [0.717, 1.165) is 37.0 Å². The summed E-state index contributed by atoms with van der Waals surface area (Å²) in [7, 11) is 0. The SMILES string of the molecule is Cc1nn(CC(=O)N2CCCCCC2)c(=O)c2ccccc12. The summed E-state index contributed by atoms with van der Waals surface area (Å²) in [6.45, 7) is 3.49. The van der Waals surface area contributed by atoms with Gasteiger partial charge in [-0.05, 0) is 25.8 Å². The number of nitrogens with zero attached hydrogens (tertiary/aromatic N) is 3. The Balaban J connectivity index is 1.89. The van der Waals surface area contributed by atoms with E-state index in [1.54, 1.807) is 6.07 Å². The summed E-state index contributed by atoms with van der Waals surface area (Å²) in [5.41, 5.74) is 0.586. The maximum absolute atomic E-state index is 12.5. The molecule has 22 heavy (non-hydrogen) atoms. The van der Waals surface area contributed by atoms with E-state index in [4.69, 9.17) is 0 Å². The number of amides is 1. The minimum absolute atomic E-state index is 0.00817. The molecule has 0 atom stereocenters. The van der Waals surface area contributed by atoms with Crippen LogP contribution in [0.5, 0.6) is 0 Å². The lowest BCUT2D eigenvalue weighted by Crippen LogP contribution is -2.38. The number of benzene rings is 1. The van der Waals surface area contributed by atoms with E-state index < -0.39 is 0 Å². The first-order chi connectivity index (χ1) is 10.7. The van der Waals surface area contributed by atoms with Gasteiger partial charge in [-0.25, -0.2) is 4.68 Å². The zero-order valence-electron chi connectivity index (χ0n) is 12.9. The van der Waals surface area contributed by atoms with Gasteiger partial charge >= 0.3 is 0 Å². The van der Waals surface area contributed by atoms with E-state index in [1.165, 1.54) is 17.5 Å². The zero-order chi connectivity index (χ0) is 15.5. The lowest BCUT2D eigenvalue weighted by atomic mass is 10.1. The molecule has 0 radical (unpaired) electrons. The predicted molar refractivity (Wildman–Crippen MR) is 85.8 cm³/mol. The third kappa shape index (κ3) is 2.89. The fourth-order valence-electron chi connectivity index (χ4n) is 3.06.